The number of benzene rings is 5. The first-order valence-corrected chi connectivity index (χ1v) is 13.3. The normalized spacial score (nSPS) is 14.6. The molecule has 0 saturated carbocycles. The molecule has 1 aliphatic carbocycles. The van der Waals surface area contributed by atoms with Gasteiger partial charge in [0, 0.05) is 25.6 Å². The van der Waals surface area contributed by atoms with Gasteiger partial charge in [0.05, 0.1) is 6.04 Å². The molecule has 2 N–H and O–H groups in total. The van der Waals surface area contributed by atoms with Crippen LogP contribution in [0.5, 0.6) is 0 Å². The molecule has 0 saturated heterocycles. The minimum absolute atomic E-state index is 0.0171. The molecule has 0 fully saturated rings. The van der Waals surface area contributed by atoms with Gasteiger partial charge in [0.15, 0.2) is 0 Å². The van der Waals surface area contributed by atoms with E-state index in [0.29, 0.717) is 0 Å². The number of thiophene rings is 1. The fraction of sp³-hybridized carbons (Fsp3) is 0.118. The van der Waals surface area contributed by atoms with Crippen molar-refractivity contribution in [2.45, 2.75) is 25.3 Å². The average molecular weight is 482 g/mol. The van der Waals surface area contributed by atoms with Crippen molar-refractivity contribution in [3.8, 4) is 22.3 Å². The van der Waals surface area contributed by atoms with E-state index in [9.17, 15) is 0 Å². The Bertz CT molecular complexity index is 1770. The summed E-state index contributed by atoms with van der Waals surface area (Å²) in [5, 5.41) is 2.67. The van der Waals surface area contributed by atoms with Gasteiger partial charge in [-0.2, -0.15) is 0 Å². The zero-order valence-corrected chi connectivity index (χ0v) is 21.3. The Morgan fingerprint density at radius 1 is 0.639 bits per heavy atom. The van der Waals surface area contributed by atoms with Crippen molar-refractivity contribution in [2.24, 2.45) is 5.73 Å². The minimum Gasteiger partial charge on any atom is -0.320 e. The second kappa shape index (κ2) is 7.89. The zero-order chi connectivity index (χ0) is 24.4. The molecule has 174 valence electrons. The molecule has 1 atom stereocenters. The largest absolute Gasteiger partial charge is 0.320 e. The van der Waals surface area contributed by atoms with Crippen LogP contribution >= 0.6 is 11.3 Å². The lowest BCUT2D eigenvalue weighted by Gasteiger charge is -2.22. The second-order valence-electron chi connectivity index (χ2n) is 10.3. The molecular weight excluding hydrogens is 454 g/mol. The Kier molecular flexibility index (Phi) is 4.73. The standard InChI is InChI=1S/C34H27NS/c1-34(2)28-11-5-3-9-26(28)32-27(10-7-12-29(32)34)33(35)22-16-14-21(15-17-22)23-18-19-25-24-8-4-6-13-30(24)36-31(25)20-23/h3-20,33H,35H2,1-2H3. The van der Waals surface area contributed by atoms with Crippen LogP contribution in [0.2, 0.25) is 0 Å². The summed E-state index contributed by atoms with van der Waals surface area (Å²) in [6, 6.07) is 39.5. The lowest BCUT2D eigenvalue weighted by molar-refractivity contribution is 0.659. The Morgan fingerprint density at radius 2 is 1.33 bits per heavy atom. The highest BCUT2D eigenvalue weighted by molar-refractivity contribution is 7.25. The first kappa shape index (κ1) is 21.6. The summed E-state index contributed by atoms with van der Waals surface area (Å²) in [4.78, 5) is 0. The first-order valence-electron chi connectivity index (χ1n) is 12.5. The minimum atomic E-state index is -0.180. The second-order valence-corrected chi connectivity index (χ2v) is 11.4. The van der Waals surface area contributed by atoms with Crippen LogP contribution in [0.25, 0.3) is 42.4 Å². The third kappa shape index (κ3) is 3.12. The van der Waals surface area contributed by atoms with E-state index in [4.69, 9.17) is 5.73 Å². The quantitative estimate of drug-likeness (QED) is 0.268. The fourth-order valence-electron chi connectivity index (χ4n) is 6.01. The number of rotatable bonds is 3. The van der Waals surface area contributed by atoms with Gasteiger partial charge >= 0.3 is 0 Å². The van der Waals surface area contributed by atoms with Crippen molar-refractivity contribution >= 4 is 31.5 Å². The first-order chi connectivity index (χ1) is 17.5. The van der Waals surface area contributed by atoms with Gasteiger partial charge < -0.3 is 5.73 Å². The summed E-state index contributed by atoms with van der Waals surface area (Å²) >= 11 is 1.86. The van der Waals surface area contributed by atoms with E-state index in [2.05, 4.69) is 123 Å². The molecule has 0 radical (unpaired) electrons. The van der Waals surface area contributed by atoms with E-state index in [1.165, 1.54) is 59.1 Å². The van der Waals surface area contributed by atoms with Gasteiger partial charge in [-0.15, -0.1) is 11.3 Å². The van der Waals surface area contributed by atoms with Crippen LogP contribution in [-0.4, -0.2) is 0 Å². The number of hydrogen-bond acceptors (Lipinski definition) is 2. The van der Waals surface area contributed by atoms with Crippen molar-refractivity contribution in [1.82, 2.24) is 0 Å². The Hall–Kier alpha value is -3.72. The lowest BCUT2D eigenvalue weighted by Crippen LogP contribution is -2.16. The van der Waals surface area contributed by atoms with Crippen LogP contribution in [0.3, 0.4) is 0 Å². The molecule has 36 heavy (non-hydrogen) atoms. The van der Waals surface area contributed by atoms with Crippen LogP contribution < -0.4 is 5.73 Å². The molecule has 7 rings (SSSR count). The highest BCUT2D eigenvalue weighted by Crippen LogP contribution is 2.51. The van der Waals surface area contributed by atoms with Crippen LogP contribution in [0.15, 0.2) is 109 Å². The molecule has 1 aliphatic rings. The Balaban J connectivity index is 1.26. The van der Waals surface area contributed by atoms with Gasteiger partial charge in [0.2, 0.25) is 0 Å². The van der Waals surface area contributed by atoms with Crippen LogP contribution in [0, 0.1) is 0 Å². The average Bonchev–Trinajstić information content (AvgIpc) is 3.41. The molecule has 2 heteroatoms. The zero-order valence-electron chi connectivity index (χ0n) is 20.5. The third-order valence-corrected chi connectivity index (χ3v) is 9.09. The van der Waals surface area contributed by atoms with E-state index >= 15 is 0 Å². The molecule has 6 aromatic rings. The van der Waals surface area contributed by atoms with Crippen LogP contribution in [0.4, 0.5) is 0 Å². The van der Waals surface area contributed by atoms with E-state index in [1.807, 2.05) is 11.3 Å². The molecule has 0 amide bonds. The summed E-state index contributed by atoms with van der Waals surface area (Å²) in [7, 11) is 0. The summed E-state index contributed by atoms with van der Waals surface area (Å²) in [5.41, 5.74) is 17.1. The van der Waals surface area contributed by atoms with Crippen molar-refractivity contribution in [3.05, 3.63) is 131 Å². The fourth-order valence-corrected chi connectivity index (χ4v) is 7.16. The Morgan fingerprint density at radius 3 is 2.19 bits per heavy atom. The maximum Gasteiger partial charge on any atom is 0.0557 e. The Labute approximate surface area is 215 Å². The third-order valence-electron chi connectivity index (χ3n) is 7.96. The van der Waals surface area contributed by atoms with Gasteiger partial charge in [-0.25, -0.2) is 0 Å². The van der Waals surface area contributed by atoms with Gasteiger partial charge in [-0.05, 0) is 56.6 Å². The van der Waals surface area contributed by atoms with Crippen molar-refractivity contribution in [1.29, 1.82) is 0 Å². The molecule has 0 aliphatic heterocycles. The summed E-state index contributed by atoms with van der Waals surface area (Å²) in [5.74, 6) is 0. The van der Waals surface area contributed by atoms with Gasteiger partial charge in [-0.3, -0.25) is 0 Å². The molecule has 5 aromatic carbocycles. The van der Waals surface area contributed by atoms with Crippen molar-refractivity contribution < 1.29 is 0 Å². The summed E-state index contributed by atoms with van der Waals surface area (Å²) < 4.78 is 2.67. The van der Waals surface area contributed by atoms with Gasteiger partial charge in [0.1, 0.15) is 0 Å². The molecule has 1 nitrogen and oxygen atoms in total. The predicted octanol–water partition coefficient (Wildman–Crippen LogP) is 9.08. The predicted molar refractivity (Wildman–Crippen MR) is 155 cm³/mol. The number of hydrogen-bond donors (Lipinski definition) is 1. The van der Waals surface area contributed by atoms with Gasteiger partial charge in [0.25, 0.3) is 0 Å². The maximum absolute atomic E-state index is 6.94. The molecule has 1 unspecified atom stereocenters. The van der Waals surface area contributed by atoms with Crippen molar-refractivity contribution in [3.63, 3.8) is 0 Å². The van der Waals surface area contributed by atoms with E-state index < -0.39 is 0 Å². The van der Waals surface area contributed by atoms with Crippen LogP contribution in [-0.2, 0) is 5.41 Å². The number of nitrogens with two attached hydrogens (primary N) is 1. The topological polar surface area (TPSA) is 26.0 Å². The highest BCUT2D eigenvalue weighted by atomic mass is 32.1. The van der Waals surface area contributed by atoms with Gasteiger partial charge in [-0.1, -0.05) is 111 Å². The van der Waals surface area contributed by atoms with E-state index in [1.54, 1.807) is 0 Å². The molecule has 0 spiro atoms. The molecule has 1 heterocycles. The smallest absolute Gasteiger partial charge is 0.0557 e. The van der Waals surface area contributed by atoms with Crippen molar-refractivity contribution in [2.75, 3.05) is 0 Å². The maximum atomic E-state index is 6.94. The summed E-state index contributed by atoms with van der Waals surface area (Å²) in [6.07, 6.45) is 0. The monoisotopic (exact) mass is 481 g/mol. The molecule has 1 aromatic heterocycles. The van der Waals surface area contributed by atoms with E-state index in [-0.39, 0.29) is 11.5 Å². The SMILES string of the molecule is CC1(C)c2ccccc2-c2c(C(N)c3ccc(-c4ccc5c(c4)sc4ccccc45)cc3)cccc21. The molecular formula is C34H27NS. The van der Waals surface area contributed by atoms with Crippen LogP contribution in [0.1, 0.15) is 42.1 Å². The lowest BCUT2D eigenvalue weighted by atomic mass is 9.81. The molecule has 0 bridgehead atoms. The number of fused-ring (bicyclic) bond motifs is 6. The summed E-state index contributed by atoms with van der Waals surface area (Å²) in [6.45, 7) is 4.63. The van der Waals surface area contributed by atoms with E-state index in [0.717, 1.165) is 5.56 Å². The highest BCUT2D eigenvalue weighted by Gasteiger charge is 2.37.